The minimum absolute atomic E-state index is 0.0312. The van der Waals surface area contributed by atoms with E-state index in [-0.39, 0.29) is 4.51 Å². The summed E-state index contributed by atoms with van der Waals surface area (Å²) in [6.45, 7) is 3.99. The fraction of sp³-hybridized carbons (Fsp3) is 0.222. The van der Waals surface area contributed by atoms with Crippen molar-refractivity contribution in [3.8, 4) is 5.75 Å². The van der Waals surface area contributed by atoms with E-state index in [9.17, 15) is 0 Å². The Labute approximate surface area is 82.3 Å². The lowest BCUT2D eigenvalue weighted by molar-refractivity contribution is 0.572. The van der Waals surface area contributed by atoms with Gasteiger partial charge in [0.25, 0.3) is 4.51 Å². The summed E-state index contributed by atoms with van der Waals surface area (Å²) in [5, 5.41) is 0. The number of benzene rings is 1. The van der Waals surface area contributed by atoms with E-state index >= 15 is 0 Å². The largest absolute Gasteiger partial charge is 0.436 e. The first-order valence-corrected chi connectivity index (χ1v) is 4.33. The van der Waals surface area contributed by atoms with Crippen LogP contribution in [-0.4, -0.2) is 4.51 Å². The van der Waals surface area contributed by atoms with Crippen molar-refractivity contribution in [1.29, 1.82) is 0 Å². The molecule has 0 amide bonds. The Morgan fingerprint density at radius 3 is 2.67 bits per heavy atom. The molecule has 1 nitrogen and oxygen atoms in total. The van der Waals surface area contributed by atoms with Gasteiger partial charge in [-0.05, 0) is 54.9 Å². The molecule has 64 valence electrons. The van der Waals surface area contributed by atoms with Crippen molar-refractivity contribution in [3.05, 3.63) is 29.3 Å². The molecule has 0 bridgehead atoms. The lowest BCUT2D eigenvalue weighted by atomic mass is 10.1. The van der Waals surface area contributed by atoms with Crippen molar-refractivity contribution in [2.24, 2.45) is 0 Å². The lowest BCUT2D eigenvalue weighted by Crippen LogP contribution is -1.98. The molecule has 0 unspecified atom stereocenters. The summed E-state index contributed by atoms with van der Waals surface area (Å²) >= 11 is 10.1. The lowest BCUT2D eigenvalue weighted by Gasteiger charge is -2.06. The number of hydrogen-bond acceptors (Lipinski definition) is 2. The van der Waals surface area contributed by atoms with Crippen LogP contribution in [-0.2, 0) is 0 Å². The highest BCUT2D eigenvalue weighted by atomic mass is 35.5. The van der Waals surface area contributed by atoms with Crippen LogP contribution in [0.5, 0.6) is 5.75 Å². The molecule has 0 saturated heterocycles. The van der Waals surface area contributed by atoms with Gasteiger partial charge in [-0.3, -0.25) is 0 Å². The summed E-state index contributed by atoms with van der Waals surface area (Å²) in [7, 11) is 0. The van der Waals surface area contributed by atoms with Crippen molar-refractivity contribution in [2.45, 2.75) is 13.8 Å². The zero-order valence-electron chi connectivity index (χ0n) is 6.93. The van der Waals surface area contributed by atoms with E-state index in [2.05, 4.69) is 12.2 Å². The van der Waals surface area contributed by atoms with Gasteiger partial charge in [-0.15, -0.1) is 0 Å². The Balaban J connectivity index is 3.00. The number of hydrogen-bond donors (Lipinski definition) is 0. The first-order valence-electron chi connectivity index (χ1n) is 3.55. The monoisotopic (exact) mass is 200 g/mol. The number of halogens is 1. The third kappa shape index (κ3) is 2.19. The average molecular weight is 201 g/mol. The molecular weight excluding hydrogens is 192 g/mol. The Kier molecular flexibility index (Phi) is 3.06. The molecule has 0 saturated carbocycles. The fourth-order valence-electron chi connectivity index (χ4n) is 0.921. The summed E-state index contributed by atoms with van der Waals surface area (Å²) < 4.78 is 5.15. The van der Waals surface area contributed by atoms with Gasteiger partial charge in [-0.2, -0.15) is 0 Å². The second-order valence-corrected chi connectivity index (χ2v) is 3.48. The maximum Gasteiger partial charge on any atom is 0.260 e. The maximum atomic E-state index is 5.45. The molecule has 0 atom stereocenters. The third-order valence-electron chi connectivity index (χ3n) is 1.75. The number of ether oxygens (including phenoxy) is 1. The van der Waals surface area contributed by atoms with Crippen LogP contribution in [0.4, 0.5) is 0 Å². The van der Waals surface area contributed by atoms with Crippen LogP contribution >= 0.6 is 23.8 Å². The normalized spacial score (nSPS) is 9.58. The van der Waals surface area contributed by atoms with Crippen molar-refractivity contribution in [2.75, 3.05) is 0 Å². The van der Waals surface area contributed by atoms with Crippen LogP contribution in [0, 0.1) is 13.8 Å². The van der Waals surface area contributed by atoms with Crippen LogP contribution in [0.2, 0.25) is 0 Å². The fourth-order valence-corrected chi connectivity index (χ4v) is 1.09. The van der Waals surface area contributed by atoms with E-state index in [0.29, 0.717) is 0 Å². The zero-order valence-corrected chi connectivity index (χ0v) is 8.50. The molecule has 1 rings (SSSR count). The summed E-state index contributed by atoms with van der Waals surface area (Å²) in [5.41, 5.74) is 2.24. The highest BCUT2D eigenvalue weighted by Crippen LogP contribution is 2.21. The van der Waals surface area contributed by atoms with Gasteiger partial charge in [-0.25, -0.2) is 0 Å². The number of aryl methyl sites for hydroxylation is 1. The van der Waals surface area contributed by atoms with E-state index < -0.39 is 0 Å². The molecule has 1 aromatic rings. The highest BCUT2D eigenvalue weighted by molar-refractivity contribution is 7.82. The Morgan fingerprint density at radius 1 is 1.42 bits per heavy atom. The smallest absolute Gasteiger partial charge is 0.260 e. The Bertz CT molecular complexity index is 309. The molecule has 3 heteroatoms. The molecule has 0 radical (unpaired) electrons. The van der Waals surface area contributed by atoms with Gasteiger partial charge in [0, 0.05) is 0 Å². The molecule has 0 spiro atoms. The molecule has 1 aromatic carbocycles. The first kappa shape index (κ1) is 9.49. The molecule has 12 heavy (non-hydrogen) atoms. The predicted molar refractivity (Wildman–Crippen MR) is 55.0 cm³/mol. The van der Waals surface area contributed by atoms with Crippen molar-refractivity contribution < 1.29 is 4.74 Å². The summed E-state index contributed by atoms with van der Waals surface area (Å²) in [6, 6.07) is 5.77. The first-order chi connectivity index (χ1) is 5.61. The second-order valence-electron chi connectivity index (χ2n) is 2.54. The quantitative estimate of drug-likeness (QED) is 0.509. The average Bonchev–Trinajstić information content (AvgIpc) is 1.98. The Morgan fingerprint density at radius 2 is 2.08 bits per heavy atom. The van der Waals surface area contributed by atoms with Crippen LogP contribution in [0.1, 0.15) is 11.1 Å². The topological polar surface area (TPSA) is 9.23 Å². The molecule has 0 heterocycles. The molecule has 0 fully saturated rings. The molecule has 0 aliphatic heterocycles. The summed E-state index contributed by atoms with van der Waals surface area (Å²) in [6.07, 6.45) is 0. The number of rotatable bonds is 1. The van der Waals surface area contributed by atoms with Gasteiger partial charge in [0.05, 0.1) is 0 Å². The molecule has 0 N–H and O–H groups in total. The van der Waals surface area contributed by atoms with E-state index in [1.165, 1.54) is 5.56 Å². The van der Waals surface area contributed by atoms with Crippen molar-refractivity contribution >= 4 is 28.3 Å². The van der Waals surface area contributed by atoms with Crippen molar-refractivity contribution in [3.63, 3.8) is 0 Å². The standard InChI is InChI=1S/C9H9ClOS/c1-6-4-3-5-8(7(6)2)11-9(10)12/h3-5H,1-2H3. The van der Waals surface area contributed by atoms with Gasteiger partial charge in [0.2, 0.25) is 0 Å². The van der Waals surface area contributed by atoms with E-state index in [1.807, 2.05) is 32.0 Å². The van der Waals surface area contributed by atoms with E-state index in [1.54, 1.807) is 0 Å². The minimum Gasteiger partial charge on any atom is -0.436 e. The van der Waals surface area contributed by atoms with Gasteiger partial charge in [0.1, 0.15) is 5.75 Å². The van der Waals surface area contributed by atoms with Gasteiger partial charge >= 0.3 is 0 Å². The second kappa shape index (κ2) is 3.87. The molecule has 0 aliphatic carbocycles. The van der Waals surface area contributed by atoms with Crippen LogP contribution < -0.4 is 4.74 Å². The predicted octanol–water partition coefficient (Wildman–Crippen LogP) is 3.21. The Hall–Kier alpha value is -0.600. The van der Waals surface area contributed by atoms with Gasteiger partial charge in [0.15, 0.2) is 0 Å². The summed E-state index contributed by atoms with van der Waals surface area (Å²) in [5.74, 6) is 0.731. The van der Waals surface area contributed by atoms with Gasteiger partial charge < -0.3 is 4.74 Å². The van der Waals surface area contributed by atoms with Gasteiger partial charge in [-0.1, -0.05) is 12.1 Å². The maximum absolute atomic E-state index is 5.45. The van der Waals surface area contributed by atoms with E-state index in [4.69, 9.17) is 16.3 Å². The number of thiocarbonyl (C=S) groups is 1. The van der Waals surface area contributed by atoms with Crippen LogP contribution in [0.25, 0.3) is 0 Å². The zero-order chi connectivity index (χ0) is 9.14. The highest BCUT2D eigenvalue weighted by Gasteiger charge is 2.02. The molecule has 0 aliphatic rings. The van der Waals surface area contributed by atoms with E-state index in [0.717, 1.165) is 11.3 Å². The van der Waals surface area contributed by atoms with Crippen LogP contribution in [0.15, 0.2) is 18.2 Å². The minimum atomic E-state index is 0.0312. The van der Waals surface area contributed by atoms with Crippen molar-refractivity contribution in [1.82, 2.24) is 0 Å². The molecule has 0 aromatic heterocycles. The SMILES string of the molecule is Cc1cccc(OC(=S)Cl)c1C. The molecular formula is C9H9ClOS. The third-order valence-corrected chi connectivity index (χ3v) is 1.91. The summed E-state index contributed by atoms with van der Waals surface area (Å²) in [4.78, 5) is 0. The van der Waals surface area contributed by atoms with Crippen LogP contribution in [0.3, 0.4) is 0 Å².